The zero-order chi connectivity index (χ0) is 12.4. The molecule has 0 spiro atoms. The van der Waals surface area contributed by atoms with Crippen molar-refractivity contribution in [3.8, 4) is 0 Å². The molecule has 0 saturated heterocycles. The SMILES string of the molecule is CC(C)[C@@H]1CC(c2ccccc2)=CN1C(C)C. The predicted octanol–water partition coefficient (Wildman–Crippen LogP) is 4.17. The highest BCUT2D eigenvalue weighted by atomic mass is 15.2. The Kier molecular flexibility index (Phi) is 3.56. The largest absolute Gasteiger partial charge is 0.371 e. The van der Waals surface area contributed by atoms with E-state index in [9.17, 15) is 0 Å². The third-order valence-corrected chi connectivity index (χ3v) is 3.63. The summed E-state index contributed by atoms with van der Waals surface area (Å²) in [6, 6.07) is 12.0. The number of nitrogens with zero attached hydrogens (tertiary/aromatic N) is 1. The Morgan fingerprint density at radius 1 is 1.06 bits per heavy atom. The molecule has 0 radical (unpaired) electrons. The van der Waals surface area contributed by atoms with Gasteiger partial charge in [0.15, 0.2) is 0 Å². The van der Waals surface area contributed by atoms with Crippen molar-refractivity contribution < 1.29 is 0 Å². The average molecular weight is 229 g/mol. The Labute approximate surface area is 105 Å². The van der Waals surface area contributed by atoms with Crippen molar-refractivity contribution in [2.75, 3.05) is 0 Å². The molecule has 1 heteroatoms. The van der Waals surface area contributed by atoms with Gasteiger partial charge in [-0.25, -0.2) is 0 Å². The maximum absolute atomic E-state index is 2.52. The van der Waals surface area contributed by atoms with E-state index in [1.54, 1.807) is 0 Å². The molecule has 1 atom stereocenters. The number of rotatable bonds is 3. The van der Waals surface area contributed by atoms with Crippen molar-refractivity contribution >= 4 is 5.57 Å². The normalized spacial score (nSPS) is 20.2. The molecule has 1 aliphatic rings. The zero-order valence-electron chi connectivity index (χ0n) is 11.4. The lowest BCUT2D eigenvalue weighted by molar-refractivity contribution is 0.201. The zero-order valence-corrected chi connectivity index (χ0v) is 11.4. The molecule has 0 N–H and O–H groups in total. The molecule has 1 aromatic rings. The Balaban J connectivity index is 2.24. The first-order chi connectivity index (χ1) is 8.09. The van der Waals surface area contributed by atoms with Gasteiger partial charge in [0.1, 0.15) is 0 Å². The summed E-state index contributed by atoms with van der Waals surface area (Å²) in [5.41, 5.74) is 2.86. The van der Waals surface area contributed by atoms with Crippen LogP contribution in [0.4, 0.5) is 0 Å². The smallest absolute Gasteiger partial charge is 0.0351 e. The van der Waals surface area contributed by atoms with Crippen LogP contribution in [0.5, 0.6) is 0 Å². The van der Waals surface area contributed by atoms with Crippen molar-refractivity contribution in [1.82, 2.24) is 4.90 Å². The first-order valence-corrected chi connectivity index (χ1v) is 6.63. The molecule has 1 aliphatic heterocycles. The second-order valence-corrected chi connectivity index (χ2v) is 5.58. The third kappa shape index (κ3) is 2.54. The predicted molar refractivity (Wildman–Crippen MR) is 74.6 cm³/mol. The minimum atomic E-state index is 0.587. The second kappa shape index (κ2) is 4.95. The van der Waals surface area contributed by atoms with Gasteiger partial charge in [0.2, 0.25) is 0 Å². The summed E-state index contributed by atoms with van der Waals surface area (Å²) in [5.74, 6) is 0.704. The summed E-state index contributed by atoms with van der Waals surface area (Å²) in [5, 5.41) is 0. The van der Waals surface area contributed by atoms with Crippen molar-refractivity contribution in [1.29, 1.82) is 0 Å². The van der Waals surface area contributed by atoms with Crippen LogP contribution in [0.15, 0.2) is 36.5 Å². The van der Waals surface area contributed by atoms with E-state index < -0.39 is 0 Å². The minimum absolute atomic E-state index is 0.587. The highest BCUT2D eigenvalue weighted by molar-refractivity contribution is 5.67. The van der Waals surface area contributed by atoms with Gasteiger partial charge in [-0.15, -0.1) is 0 Å². The van der Waals surface area contributed by atoms with Gasteiger partial charge in [-0.2, -0.15) is 0 Å². The lowest BCUT2D eigenvalue weighted by Gasteiger charge is -2.32. The van der Waals surface area contributed by atoms with Gasteiger partial charge in [-0.05, 0) is 37.3 Å². The van der Waals surface area contributed by atoms with Crippen LogP contribution in [0.3, 0.4) is 0 Å². The second-order valence-electron chi connectivity index (χ2n) is 5.58. The van der Waals surface area contributed by atoms with E-state index in [0.717, 1.165) is 0 Å². The number of benzene rings is 1. The van der Waals surface area contributed by atoms with E-state index in [1.807, 2.05) is 0 Å². The van der Waals surface area contributed by atoms with Crippen LogP contribution in [0.2, 0.25) is 0 Å². The molecule has 0 unspecified atom stereocenters. The van der Waals surface area contributed by atoms with E-state index >= 15 is 0 Å². The molecule has 92 valence electrons. The summed E-state index contributed by atoms with van der Waals surface area (Å²) in [6.45, 7) is 9.20. The molecule has 17 heavy (non-hydrogen) atoms. The monoisotopic (exact) mass is 229 g/mol. The maximum atomic E-state index is 2.52. The minimum Gasteiger partial charge on any atom is -0.371 e. The Hall–Kier alpha value is -1.24. The molecule has 0 aromatic heterocycles. The molecule has 2 rings (SSSR count). The van der Waals surface area contributed by atoms with Crippen LogP contribution in [-0.2, 0) is 0 Å². The molecule has 0 bridgehead atoms. The molecule has 0 saturated carbocycles. The van der Waals surface area contributed by atoms with Gasteiger partial charge < -0.3 is 4.90 Å². The first kappa shape index (κ1) is 12.2. The fraction of sp³-hybridized carbons (Fsp3) is 0.500. The van der Waals surface area contributed by atoms with Gasteiger partial charge in [0.25, 0.3) is 0 Å². The lowest BCUT2D eigenvalue weighted by Crippen LogP contribution is -2.36. The summed E-state index contributed by atoms with van der Waals surface area (Å²) in [4.78, 5) is 2.52. The summed E-state index contributed by atoms with van der Waals surface area (Å²) < 4.78 is 0. The highest BCUT2D eigenvalue weighted by Crippen LogP contribution is 2.34. The van der Waals surface area contributed by atoms with Gasteiger partial charge >= 0.3 is 0 Å². The van der Waals surface area contributed by atoms with Crippen molar-refractivity contribution in [3.63, 3.8) is 0 Å². The summed E-state index contributed by atoms with van der Waals surface area (Å²) >= 11 is 0. The standard InChI is InChI=1S/C16H23N/c1-12(2)16-10-15(11-17(16)13(3)4)14-8-6-5-7-9-14/h5-9,11-13,16H,10H2,1-4H3/t16-/m0/s1. The fourth-order valence-electron chi connectivity index (χ4n) is 2.62. The van der Waals surface area contributed by atoms with E-state index in [2.05, 4.69) is 69.1 Å². The van der Waals surface area contributed by atoms with Crippen LogP contribution in [0.25, 0.3) is 5.57 Å². The summed E-state index contributed by atoms with van der Waals surface area (Å²) in [7, 11) is 0. The van der Waals surface area contributed by atoms with Gasteiger partial charge in [0, 0.05) is 18.3 Å². The van der Waals surface area contributed by atoms with Crippen LogP contribution >= 0.6 is 0 Å². The highest BCUT2D eigenvalue weighted by Gasteiger charge is 2.28. The Morgan fingerprint density at radius 2 is 1.71 bits per heavy atom. The number of hydrogen-bond acceptors (Lipinski definition) is 1. The van der Waals surface area contributed by atoms with Gasteiger partial charge in [0.05, 0.1) is 0 Å². The van der Waals surface area contributed by atoms with Crippen LogP contribution in [0, 0.1) is 5.92 Å². The molecular weight excluding hydrogens is 206 g/mol. The Morgan fingerprint density at radius 3 is 2.18 bits per heavy atom. The van der Waals surface area contributed by atoms with Crippen molar-refractivity contribution in [2.45, 2.75) is 46.2 Å². The average Bonchev–Trinajstić information content (AvgIpc) is 2.75. The van der Waals surface area contributed by atoms with E-state index in [1.165, 1.54) is 17.6 Å². The van der Waals surface area contributed by atoms with Crippen molar-refractivity contribution in [2.24, 2.45) is 5.92 Å². The fourth-order valence-corrected chi connectivity index (χ4v) is 2.62. The van der Waals surface area contributed by atoms with Crippen LogP contribution < -0.4 is 0 Å². The molecule has 1 heterocycles. The molecule has 0 amide bonds. The van der Waals surface area contributed by atoms with Crippen molar-refractivity contribution in [3.05, 3.63) is 42.1 Å². The third-order valence-electron chi connectivity index (χ3n) is 3.63. The summed E-state index contributed by atoms with van der Waals surface area (Å²) in [6.07, 6.45) is 3.55. The lowest BCUT2D eigenvalue weighted by atomic mass is 9.95. The molecule has 1 nitrogen and oxygen atoms in total. The molecular formula is C16H23N. The topological polar surface area (TPSA) is 3.24 Å². The molecule has 1 aromatic carbocycles. The molecule has 0 fully saturated rings. The Bertz CT molecular complexity index is 389. The maximum Gasteiger partial charge on any atom is 0.0351 e. The van der Waals surface area contributed by atoms with Gasteiger partial charge in [-0.3, -0.25) is 0 Å². The first-order valence-electron chi connectivity index (χ1n) is 6.63. The molecule has 0 aliphatic carbocycles. The van der Waals surface area contributed by atoms with Crippen LogP contribution in [-0.4, -0.2) is 17.0 Å². The van der Waals surface area contributed by atoms with E-state index in [-0.39, 0.29) is 0 Å². The van der Waals surface area contributed by atoms with E-state index in [0.29, 0.717) is 18.0 Å². The van der Waals surface area contributed by atoms with Gasteiger partial charge in [-0.1, -0.05) is 44.2 Å². The van der Waals surface area contributed by atoms with E-state index in [4.69, 9.17) is 0 Å². The van der Waals surface area contributed by atoms with Crippen LogP contribution in [0.1, 0.15) is 39.7 Å². The quantitative estimate of drug-likeness (QED) is 0.752. The number of hydrogen-bond donors (Lipinski definition) is 0.